The highest BCUT2D eigenvalue weighted by atomic mass is 19.4. The van der Waals surface area contributed by atoms with Gasteiger partial charge in [0.1, 0.15) is 5.75 Å². The maximum absolute atomic E-state index is 13.8. The quantitative estimate of drug-likeness (QED) is 0.853. The number of halogens is 7. The van der Waals surface area contributed by atoms with Crippen LogP contribution in [0.25, 0.3) is 0 Å². The molecule has 1 aromatic carbocycles. The molecule has 11 heteroatoms. The average molecular weight is 348 g/mol. The van der Waals surface area contributed by atoms with Gasteiger partial charge in [-0.1, -0.05) is 12.1 Å². The number of benzene rings is 1. The van der Waals surface area contributed by atoms with Gasteiger partial charge >= 0.3 is 18.4 Å². The van der Waals surface area contributed by atoms with Crippen LogP contribution in [0.4, 0.5) is 30.7 Å². The van der Waals surface area contributed by atoms with Crippen molar-refractivity contribution >= 4 is 5.78 Å². The molecule has 4 nitrogen and oxygen atoms in total. The Morgan fingerprint density at radius 1 is 1.09 bits per heavy atom. The zero-order valence-corrected chi connectivity index (χ0v) is 10.8. The van der Waals surface area contributed by atoms with Crippen molar-refractivity contribution in [3.05, 3.63) is 29.8 Å². The first-order chi connectivity index (χ1) is 10.3. The Labute approximate surface area is 123 Å². The van der Waals surface area contributed by atoms with Crippen LogP contribution in [0.1, 0.15) is 16.8 Å². The Morgan fingerprint density at radius 3 is 2.22 bits per heavy atom. The van der Waals surface area contributed by atoms with Gasteiger partial charge in [-0.15, -0.1) is 13.2 Å². The van der Waals surface area contributed by atoms with Gasteiger partial charge in [-0.2, -0.15) is 17.6 Å². The highest BCUT2D eigenvalue weighted by Gasteiger charge is 2.75. The second-order valence-corrected chi connectivity index (χ2v) is 4.62. The van der Waals surface area contributed by atoms with Gasteiger partial charge in [0.15, 0.2) is 5.78 Å². The summed E-state index contributed by atoms with van der Waals surface area (Å²) < 4.78 is 95.9. The second-order valence-electron chi connectivity index (χ2n) is 4.62. The van der Waals surface area contributed by atoms with Crippen molar-refractivity contribution in [1.82, 2.24) is 0 Å². The Balaban J connectivity index is 2.42. The summed E-state index contributed by atoms with van der Waals surface area (Å²) in [6, 6.07) is 4.51. The number of alkyl halides is 7. The number of para-hydroxylation sites is 1. The molecule has 0 spiro atoms. The fraction of sp³-hybridized carbons (Fsp3) is 0.417. The predicted octanol–water partition coefficient (Wildman–Crippen LogP) is 3.10. The summed E-state index contributed by atoms with van der Waals surface area (Å²) >= 11 is 0. The molecule has 23 heavy (non-hydrogen) atoms. The molecule has 0 aliphatic carbocycles. The van der Waals surface area contributed by atoms with Crippen LogP contribution >= 0.6 is 0 Å². The van der Waals surface area contributed by atoms with Crippen molar-refractivity contribution in [2.75, 3.05) is 0 Å². The number of hydrogen-bond acceptors (Lipinski definition) is 4. The molecule has 1 aliphatic heterocycles. The van der Waals surface area contributed by atoms with Crippen molar-refractivity contribution in [3.63, 3.8) is 0 Å². The number of ketones is 1. The highest BCUT2D eigenvalue weighted by Crippen LogP contribution is 2.50. The number of hydrogen-bond donors (Lipinski definition) is 1. The van der Waals surface area contributed by atoms with Crippen LogP contribution in [-0.4, -0.2) is 35.1 Å². The number of carbonyl (C=O) groups is 1. The molecule has 1 aromatic rings. The first-order valence-corrected chi connectivity index (χ1v) is 5.85. The van der Waals surface area contributed by atoms with Crippen molar-refractivity contribution in [2.24, 2.45) is 0 Å². The van der Waals surface area contributed by atoms with E-state index in [0.717, 1.165) is 12.1 Å². The first kappa shape index (κ1) is 17.5. The van der Waals surface area contributed by atoms with E-state index in [2.05, 4.69) is 9.47 Å². The van der Waals surface area contributed by atoms with E-state index in [0.29, 0.717) is 0 Å². The number of fused-ring (bicyclic) bond motifs is 1. The van der Waals surface area contributed by atoms with Crippen LogP contribution in [0.15, 0.2) is 24.3 Å². The predicted molar refractivity (Wildman–Crippen MR) is 58.0 cm³/mol. The zero-order valence-electron chi connectivity index (χ0n) is 10.8. The van der Waals surface area contributed by atoms with E-state index < -0.39 is 42.1 Å². The topological polar surface area (TPSA) is 55.8 Å². The van der Waals surface area contributed by atoms with Crippen LogP contribution in [-0.2, 0) is 4.74 Å². The monoisotopic (exact) mass is 348 g/mol. The van der Waals surface area contributed by atoms with Crippen LogP contribution in [0.2, 0.25) is 0 Å². The molecular formula is C12H7F7O4. The zero-order chi connectivity index (χ0) is 17.7. The van der Waals surface area contributed by atoms with Gasteiger partial charge < -0.3 is 9.84 Å². The lowest BCUT2D eigenvalue weighted by Crippen LogP contribution is -2.65. The minimum absolute atomic E-state index is 0.284. The summed E-state index contributed by atoms with van der Waals surface area (Å²) in [6.45, 7) is 0. The van der Waals surface area contributed by atoms with Crippen molar-refractivity contribution in [1.29, 1.82) is 0 Å². The molecule has 1 atom stereocenters. The van der Waals surface area contributed by atoms with E-state index in [1.807, 2.05) is 0 Å². The number of rotatable bonds is 3. The normalized spacial score (nSPS) is 22.5. The summed E-state index contributed by atoms with van der Waals surface area (Å²) in [7, 11) is 0. The third kappa shape index (κ3) is 2.98. The average Bonchev–Trinajstić information content (AvgIpc) is 2.35. The Hall–Kier alpha value is -1.88. The molecule has 128 valence electrons. The van der Waals surface area contributed by atoms with Gasteiger partial charge in [0.25, 0.3) is 5.79 Å². The SMILES string of the molecule is O=C1CC(O)(C(F)(F)C(F)(F)OC(F)(F)F)Oc2ccccc21. The lowest BCUT2D eigenvalue weighted by Gasteiger charge is -2.40. The minimum Gasteiger partial charge on any atom is -0.454 e. The van der Waals surface area contributed by atoms with Crippen LogP contribution in [0.5, 0.6) is 5.75 Å². The fourth-order valence-electron chi connectivity index (χ4n) is 1.93. The van der Waals surface area contributed by atoms with Crippen LogP contribution in [0, 0.1) is 0 Å². The number of aliphatic hydroxyl groups is 1. The molecular weight excluding hydrogens is 341 g/mol. The molecule has 1 unspecified atom stereocenters. The molecule has 0 aromatic heterocycles. The van der Waals surface area contributed by atoms with Crippen LogP contribution < -0.4 is 4.74 Å². The van der Waals surface area contributed by atoms with E-state index in [4.69, 9.17) is 0 Å². The van der Waals surface area contributed by atoms with Crippen LogP contribution in [0.3, 0.4) is 0 Å². The number of Topliss-reactive ketones (excluding diaryl/α,β-unsaturated/α-hetero) is 1. The molecule has 0 saturated carbocycles. The van der Waals surface area contributed by atoms with Gasteiger partial charge in [-0.3, -0.25) is 4.79 Å². The minimum atomic E-state index is -6.17. The number of carbonyl (C=O) groups excluding carboxylic acids is 1. The summed E-state index contributed by atoms with van der Waals surface area (Å²) in [5, 5.41) is 9.63. The molecule has 1 heterocycles. The molecule has 0 amide bonds. The maximum Gasteiger partial charge on any atom is 0.527 e. The molecule has 0 saturated heterocycles. The van der Waals surface area contributed by atoms with Gasteiger partial charge in [-0.25, -0.2) is 4.74 Å². The van der Waals surface area contributed by atoms with Crippen molar-refractivity contribution in [3.8, 4) is 5.75 Å². The summed E-state index contributed by atoms with van der Waals surface area (Å²) in [5.74, 6) is -12.0. The first-order valence-electron chi connectivity index (χ1n) is 5.85. The maximum atomic E-state index is 13.8. The highest BCUT2D eigenvalue weighted by molar-refractivity contribution is 6.00. The molecule has 0 bridgehead atoms. The summed E-state index contributed by atoms with van der Waals surface area (Å²) in [4.78, 5) is 11.7. The lowest BCUT2D eigenvalue weighted by molar-refractivity contribution is -0.493. The summed E-state index contributed by atoms with van der Waals surface area (Å²) in [6.07, 6.45) is -14.0. The van der Waals surface area contributed by atoms with E-state index in [1.165, 1.54) is 12.1 Å². The molecule has 2 rings (SSSR count). The fourth-order valence-corrected chi connectivity index (χ4v) is 1.93. The van der Waals surface area contributed by atoms with Gasteiger partial charge in [0, 0.05) is 0 Å². The molecule has 1 N–H and O–H groups in total. The third-order valence-corrected chi connectivity index (χ3v) is 2.97. The summed E-state index contributed by atoms with van der Waals surface area (Å²) in [5.41, 5.74) is -0.284. The smallest absolute Gasteiger partial charge is 0.454 e. The van der Waals surface area contributed by atoms with E-state index >= 15 is 0 Å². The van der Waals surface area contributed by atoms with Gasteiger partial charge in [0.05, 0.1) is 12.0 Å². The Bertz CT molecular complexity index is 628. The van der Waals surface area contributed by atoms with Gasteiger partial charge in [-0.05, 0) is 12.1 Å². The lowest BCUT2D eigenvalue weighted by atomic mass is 9.93. The van der Waals surface area contributed by atoms with E-state index in [9.17, 15) is 40.6 Å². The third-order valence-electron chi connectivity index (χ3n) is 2.97. The molecule has 1 aliphatic rings. The Kier molecular flexibility index (Phi) is 3.85. The Morgan fingerprint density at radius 2 is 1.65 bits per heavy atom. The number of ether oxygens (including phenoxy) is 2. The van der Waals surface area contributed by atoms with Crippen molar-refractivity contribution in [2.45, 2.75) is 30.6 Å². The largest absolute Gasteiger partial charge is 0.527 e. The molecule has 0 radical (unpaired) electrons. The molecule has 0 fully saturated rings. The standard InChI is InChI=1S/C12H7F7O4/c13-10(14,11(15,16)23-12(17,18)19)9(21)5-7(20)6-3-1-2-4-8(6)22-9/h1-4,21H,5H2. The van der Waals surface area contributed by atoms with Gasteiger partial charge in [0.2, 0.25) is 0 Å². The van der Waals surface area contributed by atoms with E-state index in [1.54, 1.807) is 0 Å². The van der Waals surface area contributed by atoms with E-state index in [-0.39, 0.29) is 5.56 Å². The van der Waals surface area contributed by atoms with Crippen molar-refractivity contribution < 1.29 is 50.1 Å². The second kappa shape index (κ2) is 5.06.